The summed E-state index contributed by atoms with van der Waals surface area (Å²) in [7, 11) is 1.25. The summed E-state index contributed by atoms with van der Waals surface area (Å²) in [5, 5.41) is 8.91. The second kappa shape index (κ2) is 10.4. The number of nitriles is 1. The van der Waals surface area contributed by atoms with E-state index in [0.29, 0.717) is 5.56 Å². The molecule has 0 atom stereocenters. The number of nitrogens with zero attached hydrogens (tertiary/aromatic N) is 3. The van der Waals surface area contributed by atoms with E-state index in [9.17, 15) is 31.9 Å². The molecule has 0 bridgehead atoms. The Bertz CT molecular complexity index is 1190. The minimum Gasteiger partial charge on any atom is -0.469 e. The minimum absolute atomic E-state index is 0.0354. The molecule has 0 aliphatic heterocycles. The molecular weight excluding hydrogens is 482 g/mol. The van der Waals surface area contributed by atoms with Gasteiger partial charge in [-0.05, 0) is 55.7 Å². The van der Waals surface area contributed by atoms with Crippen molar-refractivity contribution in [3.8, 4) is 6.07 Å². The number of hydrogen-bond donors (Lipinski definition) is 0. The summed E-state index contributed by atoms with van der Waals surface area (Å²) in [5.74, 6) is -2.37. The van der Waals surface area contributed by atoms with Crippen LogP contribution < -0.4 is 4.90 Å². The third-order valence-electron chi connectivity index (χ3n) is 6.30. The Morgan fingerprint density at radius 3 is 2.33 bits per heavy atom. The van der Waals surface area contributed by atoms with Gasteiger partial charge in [-0.3, -0.25) is 14.4 Å². The van der Waals surface area contributed by atoms with Crippen molar-refractivity contribution in [2.75, 3.05) is 18.6 Å². The van der Waals surface area contributed by atoms with E-state index in [-0.39, 0.29) is 37.0 Å². The summed E-state index contributed by atoms with van der Waals surface area (Å²) < 4.78 is 58.1. The van der Waals surface area contributed by atoms with Crippen molar-refractivity contribution in [1.29, 1.82) is 5.26 Å². The molecule has 0 saturated heterocycles. The number of rotatable bonds is 8. The van der Waals surface area contributed by atoms with Crippen LogP contribution in [0.2, 0.25) is 0 Å². The van der Waals surface area contributed by atoms with E-state index >= 15 is 0 Å². The van der Waals surface area contributed by atoms with Crippen LogP contribution in [0.4, 0.5) is 23.2 Å². The molecule has 1 fully saturated rings. The summed E-state index contributed by atoms with van der Waals surface area (Å²) >= 11 is 0. The van der Waals surface area contributed by atoms with Gasteiger partial charge in [0.2, 0.25) is 12.3 Å². The highest BCUT2D eigenvalue weighted by atomic mass is 19.4. The molecule has 1 aliphatic rings. The minimum atomic E-state index is -4.52. The maximum Gasteiger partial charge on any atom is 0.416 e. The van der Waals surface area contributed by atoms with Crippen LogP contribution in [0.3, 0.4) is 0 Å². The third-order valence-corrected chi connectivity index (χ3v) is 6.30. The predicted molar refractivity (Wildman–Crippen MR) is 120 cm³/mol. The van der Waals surface area contributed by atoms with Gasteiger partial charge in [-0.25, -0.2) is 4.39 Å². The Balaban J connectivity index is 1.87. The second-order valence-corrected chi connectivity index (χ2v) is 8.81. The SMILES string of the molecule is COC(=O)C1CC(C)(N(Cc2ccc(C(F)(F)F)cc2)C(=O)CN(C=O)c2ccc(C#N)cc2F)C1. The van der Waals surface area contributed by atoms with E-state index in [1.807, 2.05) is 0 Å². The Morgan fingerprint density at radius 2 is 1.83 bits per heavy atom. The van der Waals surface area contributed by atoms with Crippen molar-refractivity contribution < 1.29 is 36.7 Å². The van der Waals surface area contributed by atoms with Crippen LogP contribution in [0.15, 0.2) is 42.5 Å². The highest BCUT2D eigenvalue weighted by Gasteiger charge is 2.50. The normalized spacial score (nSPS) is 19.0. The summed E-state index contributed by atoms with van der Waals surface area (Å²) in [6.07, 6.45) is -3.74. The van der Waals surface area contributed by atoms with Crippen molar-refractivity contribution in [2.45, 2.75) is 38.0 Å². The van der Waals surface area contributed by atoms with Crippen molar-refractivity contribution in [2.24, 2.45) is 5.92 Å². The van der Waals surface area contributed by atoms with Gasteiger partial charge in [-0.15, -0.1) is 0 Å². The molecule has 36 heavy (non-hydrogen) atoms. The fourth-order valence-electron chi connectivity index (χ4n) is 4.34. The van der Waals surface area contributed by atoms with Crippen LogP contribution in [-0.2, 0) is 31.8 Å². The number of esters is 1. The van der Waals surface area contributed by atoms with Gasteiger partial charge < -0.3 is 14.5 Å². The Kier molecular flexibility index (Phi) is 7.67. The number of benzene rings is 2. The van der Waals surface area contributed by atoms with E-state index in [0.717, 1.165) is 23.1 Å². The number of amides is 2. The highest BCUT2D eigenvalue weighted by molar-refractivity contribution is 5.89. The number of alkyl halides is 3. The summed E-state index contributed by atoms with van der Waals surface area (Å²) in [5.41, 5.74) is -1.46. The number of ether oxygens (including phenoxy) is 1. The maximum absolute atomic E-state index is 14.5. The number of hydrogen-bond acceptors (Lipinski definition) is 5. The van der Waals surface area contributed by atoms with Crippen molar-refractivity contribution in [3.05, 3.63) is 65.0 Å². The molecule has 1 aliphatic carbocycles. The average molecular weight is 505 g/mol. The van der Waals surface area contributed by atoms with Crippen molar-refractivity contribution in [1.82, 2.24) is 4.90 Å². The fourth-order valence-corrected chi connectivity index (χ4v) is 4.34. The zero-order valence-corrected chi connectivity index (χ0v) is 19.5. The van der Waals surface area contributed by atoms with Gasteiger partial charge in [-0.2, -0.15) is 18.4 Å². The van der Waals surface area contributed by atoms with Crippen LogP contribution in [0, 0.1) is 23.1 Å². The van der Waals surface area contributed by atoms with E-state index in [2.05, 4.69) is 0 Å². The molecule has 0 heterocycles. The molecule has 1 saturated carbocycles. The first-order valence-corrected chi connectivity index (χ1v) is 10.9. The van der Waals surface area contributed by atoms with Gasteiger partial charge in [0.1, 0.15) is 12.4 Å². The molecule has 0 spiro atoms. The molecule has 0 unspecified atom stereocenters. The molecule has 0 radical (unpaired) electrons. The average Bonchev–Trinajstić information content (AvgIpc) is 2.83. The third kappa shape index (κ3) is 5.64. The number of anilines is 1. The van der Waals surface area contributed by atoms with Crippen molar-refractivity contribution >= 4 is 24.0 Å². The topological polar surface area (TPSA) is 90.7 Å². The second-order valence-electron chi connectivity index (χ2n) is 8.81. The van der Waals surface area contributed by atoms with Crippen LogP contribution in [0.1, 0.15) is 36.5 Å². The molecule has 190 valence electrons. The first-order valence-electron chi connectivity index (χ1n) is 10.9. The molecule has 2 aromatic carbocycles. The van der Waals surface area contributed by atoms with Gasteiger partial charge in [-0.1, -0.05) is 12.1 Å². The van der Waals surface area contributed by atoms with E-state index in [1.54, 1.807) is 13.0 Å². The number of halogens is 4. The Hall–Kier alpha value is -3.94. The molecule has 2 amide bonds. The zero-order chi connectivity index (χ0) is 26.7. The standard InChI is InChI=1S/C25H23F4N3O4/c1-24(10-18(11-24)23(35)36-2)32(13-16-3-6-19(7-4-16)25(27,28)29)22(34)14-31(15-33)21-8-5-17(12-30)9-20(21)26/h3-9,15,18H,10-11,13-14H2,1-2H3. The molecule has 7 nitrogen and oxygen atoms in total. The molecule has 2 aromatic rings. The lowest BCUT2D eigenvalue weighted by Crippen LogP contribution is -2.60. The smallest absolute Gasteiger partial charge is 0.416 e. The maximum atomic E-state index is 14.5. The van der Waals surface area contributed by atoms with Crippen LogP contribution in [0.5, 0.6) is 0 Å². The lowest BCUT2D eigenvalue weighted by atomic mass is 9.68. The van der Waals surface area contributed by atoms with Gasteiger partial charge in [0.05, 0.1) is 35.9 Å². The van der Waals surface area contributed by atoms with Gasteiger partial charge in [0, 0.05) is 12.1 Å². The van der Waals surface area contributed by atoms with Gasteiger partial charge in [0.25, 0.3) is 0 Å². The summed E-state index contributed by atoms with van der Waals surface area (Å²) in [6, 6.07) is 9.52. The van der Waals surface area contributed by atoms with E-state index < -0.39 is 47.4 Å². The van der Waals surface area contributed by atoms with E-state index in [1.165, 1.54) is 36.3 Å². The number of carbonyl (C=O) groups is 3. The quantitative estimate of drug-likeness (QED) is 0.307. The lowest BCUT2D eigenvalue weighted by Gasteiger charge is -2.51. The van der Waals surface area contributed by atoms with Crippen LogP contribution in [0.25, 0.3) is 0 Å². The van der Waals surface area contributed by atoms with Crippen LogP contribution in [-0.4, -0.2) is 42.4 Å². The molecule has 0 N–H and O–H groups in total. The monoisotopic (exact) mass is 505 g/mol. The molecule has 11 heteroatoms. The Morgan fingerprint density at radius 1 is 1.19 bits per heavy atom. The molecule has 3 rings (SSSR count). The van der Waals surface area contributed by atoms with Gasteiger partial charge in [0.15, 0.2) is 0 Å². The predicted octanol–water partition coefficient (Wildman–Crippen LogP) is 4.05. The summed E-state index contributed by atoms with van der Waals surface area (Å²) in [6.45, 7) is 1.07. The number of carbonyl (C=O) groups excluding carboxylic acids is 3. The molecule has 0 aromatic heterocycles. The number of methoxy groups -OCH3 is 1. The fraction of sp³-hybridized carbons (Fsp3) is 0.360. The lowest BCUT2D eigenvalue weighted by molar-refractivity contribution is -0.160. The first kappa shape index (κ1) is 26.7. The van der Waals surface area contributed by atoms with Crippen LogP contribution >= 0.6 is 0 Å². The first-order chi connectivity index (χ1) is 16.9. The van der Waals surface area contributed by atoms with Crippen molar-refractivity contribution in [3.63, 3.8) is 0 Å². The molecular formula is C25H23F4N3O4. The largest absolute Gasteiger partial charge is 0.469 e. The van der Waals surface area contributed by atoms with E-state index in [4.69, 9.17) is 10.00 Å². The van der Waals surface area contributed by atoms with Gasteiger partial charge >= 0.3 is 12.1 Å². The zero-order valence-electron chi connectivity index (χ0n) is 19.5. The highest BCUT2D eigenvalue weighted by Crippen LogP contribution is 2.44. The Labute approximate surface area is 204 Å². The summed E-state index contributed by atoms with van der Waals surface area (Å²) in [4.78, 5) is 39.3.